The number of thiophene rings is 1. The number of carbonyl (C=O) groups excluding carboxylic acids is 1. The van der Waals surface area contributed by atoms with Gasteiger partial charge < -0.3 is 15.0 Å². The van der Waals surface area contributed by atoms with Gasteiger partial charge in [0.1, 0.15) is 11.4 Å². The monoisotopic (exact) mass is 521 g/mol. The van der Waals surface area contributed by atoms with Crippen LogP contribution in [0.2, 0.25) is 0 Å². The minimum atomic E-state index is -4.65. The van der Waals surface area contributed by atoms with Crippen LogP contribution in [0.1, 0.15) is 34.6 Å². The second kappa shape index (κ2) is 9.12. The van der Waals surface area contributed by atoms with E-state index in [1.807, 2.05) is 13.8 Å². The summed E-state index contributed by atoms with van der Waals surface area (Å²) in [5.41, 5.74) is -1.43. The summed E-state index contributed by atoms with van der Waals surface area (Å²) in [5, 5.41) is 6.93. The number of anilines is 2. The number of aromatic nitrogens is 4. The maximum absolute atomic E-state index is 13.9. The maximum Gasteiger partial charge on any atom is 0.420 e. The molecule has 9 nitrogen and oxygen atoms in total. The van der Waals surface area contributed by atoms with Gasteiger partial charge in [-0.2, -0.15) is 18.3 Å². The van der Waals surface area contributed by atoms with Crippen LogP contribution in [0.25, 0.3) is 10.6 Å². The molecule has 2 aliphatic rings. The van der Waals surface area contributed by atoms with E-state index >= 15 is 0 Å². The van der Waals surface area contributed by atoms with Gasteiger partial charge in [-0.15, -0.1) is 11.3 Å². The molecule has 0 unspecified atom stereocenters. The number of amides is 1. The first-order valence-electron chi connectivity index (χ1n) is 11.5. The van der Waals surface area contributed by atoms with Crippen molar-refractivity contribution in [1.29, 1.82) is 0 Å². The van der Waals surface area contributed by atoms with Crippen LogP contribution in [-0.2, 0) is 23.5 Å². The van der Waals surface area contributed by atoms with Crippen molar-refractivity contribution in [2.24, 2.45) is 7.05 Å². The van der Waals surface area contributed by atoms with Crippen LogP contribution in [-0.4, -0.2) is 74.8 Å². The highest BCUT2D eigenvalue weighted by atomic mass is 32.1. The molecule has 0 saturated carbocycles. The number of alkyl halides is 3. The minimum Gasteiger partial charge on any atom is -0.379 e. The van der Waals surface area contributed by atoms with Crippen molar-refractivity contribution in [2.45, 2.75) is 25.6 Å². The van der Waals surface area contributed by atoms with E-state index in [0.29, 0.717) is 37.7 Å². The Labute approximate surface area is 209 Å². The molecule has 0 aliphatic carbocycles. The molecule has 2 aliphatic heterocycles. The van der Waals surface area contributed by atoms with Crippen LogP contribution < -0.4 is 5.32 Å². The molecule has 36 heavy (non-hydrogen) atoms. The predicted octanol–water partition coefficient (Wildman–Crippen LogP) is 3.72. The molecule has 5 heterocycles. The molecule has 0 radical (unpaired) electrons. The molecule has 5 rings (SSSR count). The number of morpholine rings is 1. The zero-order valence-electron chi connectivity index (χ0n) is 20.1. The van der Waals surface area contributed by atoms with E-state index in [9.17, 15) is 18.0 Å². The molecule has 1 amide bonds. The zero-order valence-corrected chi connectivity index (χ0v) is 20.9. The molecule has 1 N–H and O–H groups in total. The van der Waals surface area contributed by atoms with Gasteiger partial charge >= 0.3 is 6.18 Å². The van der Waals surface area contributed by atoms with E-state index in [4.69, 9.17) is 4.74 Å². The van der Waals surface area contributed by atoms with Gasteiger partial charge in [0.05, 0.1) is 41.1 Å². The van der Waals surface area contributed by atoms with Crippen LogP contribution >= 0.6 is 11.3 Å². The number of carbonyl (C=O) groups is 1. The van der Waals surface area contributed by atoms with Gasteiger partial charge in [-0.25, -0.2) is 9.97 Å². The molecular weight excluding hydrogens is 495 g/mol. The molecular formula is C23H26F3N7O2S. The molecule has 0 spiro atoms. The van der Waals surface area contributed by atoms with Crippen LogP contribution in [0.3, 0.4) is 0 Å². The average molecular weight is 522 g/mol. The van der Waals surface area contributed by atoms with Crippen LogP contribution in [0.4, 0.5) is 24.9 Å². The van der Waals surface area contributed by atoms with Gasteiger partial charge in [0.25, 0.3) is 5.91 Å². The number of hydrogen-bond donors (Lipinski definition) is 1. The fourth-order valence-corrected chi connectivity index (χ4v) is 5.80. The third kappa shape index (κ3) is 4.46. The largest absolute Gasteiger partial charge is 0.420 e. The van der Waals surface area contributed by atoms with Crippen molar-refractivity contribution in [3.05, 3.63) is 40.5 Å². The Bertz CT molecular complexity index is 1280. The summed E-state index contributed by atoms with van der Waals surface area (Å²) < 4.78 is 48.5. The van der Waals surface area contributed by atoms with Crippen LogP contribution in [0.5, 0.6) is 0 Å². The number of nitrogens with one attached hydrogen (secondary N) is 1. The Morgan fingerprint density at radius 3 is 2.61 bits per heavy atom. The number of aryl methyl sites for hydroxylation is 1. The number of ether oxygens (including phenoxy) is 1. The highest BCUT2D eigenvalue weighted by Crippen LogP contribution is 2.47. The van der Waals surface area contributed by atoms with E-state index in [1.54, 1.807) is 24.2 Å². The molecule has 1 saturated heterocycles. The summed E-state index contributed by atoms with van der Waals surface area (Å²) in [6, 6.07) is 3.19. The summed E-state index contributed by atoms with van der Waals surface area (Å²) >= 11 is 1.17. The van der Waals surface area contributed by atoms with Crippen molar-refractivity contribution in [3.8, 4) is 10.6 Å². The molecule has 1 fully saturated rings. The highest BCUT2D eigenvalue weighted by Gasteiger charge is 2.45. The molecule has 3 aromatic rings. The Morgan fingerprint density at radius 2 is 1.97 bits per heavy atom. The van der Waals surface area contributed by atoms with Crippen LogP contribution in [0.15, 0.2) is 24.5 Å². The van der Waals surface area contributed by atoms with Gasteiger partial charge in [0.15, 0.2) is 0 Å². The molecule has 0 aromatic carbocycles. The number of fused-ring (bicyclic) bond motifs is 1. The third-order valence-corrected chi connectivity index (χ3v) is 8.02. The quantitative estimate of drug-likeness (QED) is 0.529. The number of halogens is 3. The molecule has 3 aromatic heterocycles. The summed E-state index contributed by atoms with van der Waals surface area (Å²) in [4.78, 5) is 26.5. The van der Waals surface area contributed by atoms with Gasteiger partial charge in [0, 0.05) is 50.4 Å². The van der Waals surface area contributed by atoms with Crippen molar-refractivity contribution < 1.29 is 22.7 Å². The Morgan fingerprint density at radius 1 is 1.22 bits per heavy atom. The second-order valence-electron chi connectivity index (χ2n) is 9.24. The second-order valence-corrected chi connectivity index (χ2v) is 10.3. The van der Waals surface area contributed by atoms with Gasteiger partial charge in [0.2, 0.25) is 5.95 Å². The van der Waals surface area contributed by atoms with Crippen molar-refractivity contribution in [2.75, 3.05) is 44.7 Å². The van der Waals surface area contributed by atoms with Crippen molar-refractivity contribution in [3.63, 3.8) is 0 Å². The first kappa shape index (κ1) is 24.7. The summed E-state index contributed by atoms with van der Waals surface area (Å²) in [6.45, 7) is 8.08. The van der Waals surface area contributed by atoms with Gasteiger partial charge in [-0.05, 0) is 19.9 Å². The highest BCUT2D eigenvalue weighted by molar-refractivity contribution is 7.16. The lowest BCUT2D eigenvalue weighted by atomic mass is 10.0. The first-order valence-corrected chi connectivity index (χ1v) is 12.3. The number of hydrogen-bond acceptors (Lipinski definition) is 8. The summed E-state index contributed by atoms with van der Waals surface area (Å²) in [7, 11) is 1.69. The minimum absolute atomic E-state index is 0.00730. The van der Waals surface area contributed by atoms with E-state index in [-0.39, 0.29) is 22.4 Å². The fraction of sp³-hybridized carbons (Fsp3) is 0.478. The summed E-state index contributed by atoms with van der Waals surface area (Å²) in [5.74, 6) is 0.357. The zero-order chi connectivity index (χ0) is 25.7. The molecule has 13 heteroatoms. The predicted molar refractivity (Wildman–Crippen MR) is 128 cm³/mol. The van der Waals surface area contributed by atoms with Crippen LogP contribution in [0, 0.1) is 0 Å². The topological polar surface area (TPSA) is 88.4 Å². The fourth-order valence-electron chi connectivity index (χ4n) is 4.54. The maximum atomic E-state index is 13.9. The Balaban J connectivity index is 1.45. The normalized spacial score (nSPS) is 18.1. The smallest absolute Gasteiger partial charge is 0.379 e. The SMILES string of the molecule is Cn1nccc1Nc1ncc(C(F)(F)F)c(-c2cc3c(s2)C(C)(C)N(CCN2CCOCC2)C3=O)n1. The molecule has 0 bridgehead atoms. The van der Waals surface area contributed by atoms with Gasteiger partial charge in [-0.1, -0.05) is 0 Å². The standard InChI is InChI=1S/C23H26F3N7O2S/c1-22(2)19-14(20(34)33(22)7-6-32-8-10-35-11-9-32)12-16(36-19)18-15(23(24,25)26)13-27-21(30-18)29-17-4-5-28-31(17)3/h4-5,12-13H,6-11H2,1-3H3,(H,27,29,30). The molecule has 0 atom stereocenters. The van der Waals surface area contributed by atoms with Crippen molar-refractivity contribution >= 4 is 29.0 Å². The lowest BCUT2D eigenvalue weighted by Gasteiger charge is -2.35. The van der Waals surface area contributed by atoms with Crippen molar-refractivity contribution in [1.82, 2.24) is 29.5 Å². The molecule has 192 valence electrons. The lowest BCUT2D eigenvalue weighted by molar-refractivity contribution is -0.137. The van der Waals surface area contributed by atoms with E-state index < -0.39 is 17.3 Å². The number of nitrogens with zero attached hydrogens (tertiary/aromatic N) is 6. The Hall–Kier alpha value is -3.03. The van der Waals surface area contributed by atoms with Gasteiger partial charge in [-0.3, -0.25) is 14.4 Å². The van der Waals surface area contributed by atoms with E-state index in [2.05, 4.69) is 25.3 Å². The first-order chi connectivity index (χ1) is 17.1. The summed E-state index contributed by atoms with van der Waals surface area (Å²) in [6.07, 6.45) is -2.33. The third-order valence-electron chi connectivity index (χ3n) is 6.57. The van der Waals surface area contributed by atoms with E-state index in [1.165, 1.54) is 22.1 Å². The van der Waals surface area contributed by atoms with E-state index in [0.717, 1.165) is 24.2 Å². The Kier molecular flexibility index (Phi) is 6.25. The lowest BCUT2D eigenvalue weighted by Crippen LogP contribution is -2.46. The number of rotatable bonds is 6. The average Bonchev–Trinajstić information content (AvgIpc) is 3.49.